The summed E-state index contributed by atoms with van der Waals surface area (Å²) in [5.74, 6) is 1.56. The van der Waals surface area contributed by atoms with Crippen LogP contribution in [0.2, 0.25) is 0 Å². The van der Waals surface area contributed by atoms with Gasteiger partial charge in [-0.3, -0.25) is 4.79 Å². The van der Waals surface area contributed by atoms with E-state index in [1.807, 2.05) is 4.90 Å². The number of carbonyl (C=O) groups excluding carboxylic acids is 1. The van der Waals surface area contributed by atoms with E-state index in [4.69, 9.17) is 10.5 Å². The number of nitrogens with zero attached hydrogens (tertiary/aromatic N) is 1. The monoisotopic (exact) mass is 252 g/mol. The second kappa shape index (κ2) is 4.82. The summed E-state index contributed by atoms with van der Waals surface area (Å²) in [6.07, 6.45) is 4.82. The van der Waals surface area contributed by atoms with E-state index in [2.05, 4.69) is 6.92 Å². The minimum absolute atomic E-state index is 0.0966. The molecule has 0 radical (unpaired) electrons. The number of ether oxygens (including phenoxy) is 1. The third kappa shape index (κ3) is 1.95. The maximum atomic E-state index is 12.7. The smallest absolute Gasteiger partial charge is 0.227 e. The molecular formula is C14H24N2O2. The molecule has 18 heavy (non-hydrogen) atoms. The molecule has 2 bridgehead atoms. The number of morpholine rings is 1. The third-order valence-electron chi connectivity index (χ3n) is 5.17. The standard InChI is InChI=1S/C14H24N2O2/c1-2-11-8-16(5-6-18-11)14(17)12-9-3-4-10(7-9)13(12)15/h9-13H,2-8,15H2,1H3. The minimum Gasteiger partial charge on any atom is -0.375 e. The predicted octanol–water partition coefficient (Wildman–Crippen LogP) is 0.997. The maximum Gasteiger partial charge on any atom is 0.227 e. The number of amides is 1. The first-order valence-electron chi connectivity index (χ1n) is 7.36. The topological polar surface area (TPSA) is 55.6 Å². The summed E-state index contributed by atoms with van der Waals surface area (Å²) in [4.78, 5) is 14.7. The fourth-order valence-corrected chi connectivity index (χ4v) is 4.08. The molecule has 1 saturated heterocycles. The minimum atomic E-state index is 0.0966. The van der Waals surface area contributed by atoms with Crippen molar-refractivity contribution in [2.24, 2.45) is 23.5 Å². The number of hydrogen-bond acceptors (Lipinski definition) is 3. The largest absolute Gasteiger partial charge is 0.375 e. The van der Waals surface area contributed by atoms with E-state index in [9.17, 15) is 4.79 Å². The molecular weight excluding hydrogens is 228 g/mol. The van der Waals surface area contributed by atoms with Gasteiger partial charge in [0.15, 0.2) is 0 Å². The molecule has 3 rings (SSSR count). The number of hydrogen-bond donors (Lipinski definition) is 1. The van der Waals surface area contributed by atoms with Gasteiger partial charge in [0.2, 0.25) is 5.91 Å². The lowest BCUT2D eigenvalue weighted by atomic mass is 9.84. The Kier molecular flexibility index (Phi) is 3.32. The highest BCUT2D eigenvalue weighted by Crippen LogP contribution is 2.48. The van der Waals surface area contributed by atoms with Crippen molar-refractivity contribution in [3.63, 3.8) is 0 Å². The van der Waals surface area contributed by atoms with Crippen LogP contribution in [0.1, 0.15) is 32.6 Å². The summed E-state index contributed by atoms with van der Waals surface area (Å²) in [5.41, 5.74) is 6.26. The van der Waals surface area contributed by atoms with Crippen LogP contribution in [0.3, 0.4) is 0 Å². The fraction of sp³-hybridized carbons (Fsp3) is 0.929. The van der Waals surface area contributed by atoms with Crippen LogP contribution in [0.4, 0.5) is 0 Å². The van der Waals surface area contributed by atoms with Gasteiger partial charge < -0.3 is 15.4 Å². The van der Waals surface area contributed by atoms with Crippen LogP contribution in [0.25, 0.3) is 0 Å². The molecule has 5 unspecified atom stereocenters. The molecule has 102 valence electrons. The van der Waals surface area contributed by atoms with E-state index in [-0.39, 0.29) is 18.1 Å². The van der Waals surface area contributed by atoms with Crippen molar-refractivity contribution in [2.45, 2.75) is 44.8 Å². The van der Waals surface area contributed by atoms with E-state index in [1.165, 1.54) is 19.3 Å². The Labute approximate surface area is 109 Å². The van der Waals surface area contributed by atoms with Gasteiger partial charge in [-0.15, -0.1) is 0 Å². The van der Waals surface area contributed by atoms with Crippen LogP contribution < -0.4 is 5.73 Å². The zero-order valence-corrected chi connectivity index (χ0v) is 11.2. The van der Waals surface area contributed by atoms with Crippen LogP contribution >= 0.6 is 0 Å². The molecule has 2 N–H and O–H groups in total. The van der Waals surface area contributed by atoms with E-state index in [1.54, 1.807) is 0 Å². The third-order valence-corrected chi connectivity index (χ3v) is 5.17. The first kappa shape index (κ1) is 12.4. The highest BCUT2D eigenvalue weighted by molar-refractivity contribution is 5.80. The van der Waals surface area contributed by atoms with Crippen LogP contribution in [-0.4, -0.2) is 42.6 Å². The summed E-state index contributed by atoms with van der Waals surface area (Å²) in [5, 5.41) is 0. The van der Waals surface area contributed by atoms with Gasteiger partial charge in [0.1, 0.15) is 0 Å². The number of fused-ring (bicyclic) bond motifs is 2. The Morgan fingerprint density at radius 3 is 2.83 bits per heavy atom. The van der Waals surface area contributed by atoms with Crippen molar-refractivity contribution in [2.75, 3.05) is 19.7 Å². The zero-order valence-electron chi connectivity index (χ0n) is 11.2. The molecule has 2 aliphatic carbocycles. The van der Waals surface area contributed by atoms with Gasteiger partial charge in [-0.1, -0.05) is 6.92 Å². The van der Waals surface area contributed by atoms with Crippen molar-refractivity contribution in [3.8, 4) is 0 Å². The summed E-state index contributed by atoms with van der Waals surface area (Å²) in [7, 11) is 0. The van der Waals surface area contributed by atoms with Gasteiger partial charge in [0.05, 0.1) is 18.6 Å². The zero-order chi connectivity index (χ0) is 12.7. The van der Waals surface area contributed by atoms with Crippen molar-refractivity contribution in [1.29, 1.82) is 0 Å². The van der Waals surface area contributed by atoms with Crippen molar-refractivity contribution in [3.05, 3.63) is 0 Å². The summed E-state index contributed by atoms with van der Waals surface area (Å²) < 4.78 is 5.63. The van der Waals surface area contributed by atoms with Crippen LogP contribution in [0.5, 0.6) is 0 Å². The average Bonchev–Trinajstić information content (AvgIpc) is 2.99. The quantitative estimate of drug-likeness (QED) is 0.797. The van der Waals surface area contributed by atoms with Gasteiger partial charge in [0.25, 0.3) is 0 Å². The van der Waals surface area contributed by atoms with Gasteiger partial charge in [-0.2, -0.15) is 0 Å². The van der Waals surface area contributed by atoms with Gasteiger partial charge in [0, 0.05) is 19.1 Å². The van der Waals surface area contributed by atoms with Crippen molar-refractivity contribution < 1.29 is 9.53 Å². The van der Waals surface area contributed by atoms with E-state index < -0.39 is 0 Å². The number of nitrogens with two attached hydrogens (primary N) is 1. The van der Waals surface area contributed by atoms with Gasteiger partial charge in [-0.25, -0.2) is 0 Å². The van der Waals surface area contributed by atoms with Gasteiger partial charge >= 0.3 is 0 Å². The predicted molar refractivity (Wildman–Crippen MR) is 68.9 cm³/mol. The average molecular weight is 252 g/mol. The second-order valence-electron chi connectivity index (χ2n) is 6.12. The Hall–Kier alpha value is -0.610. The molecule has 0 aromatic carbocycles. The van der Waals surface area contributed by atoms with E-state index >= 15 is 0 Å². The Bertz CT molecular complexity index is 332. The summed E-state index contributed by atoms with van der Waals surface area (Å²) in [6, 6.07) is 0.110. The normalized spacial score (nSPS) is 43.4. The highest BCUT2D eigenvalue weighted by Gasteiger charge is 2.50. The first-order valence-corrected chi connectivity index (χ1v) is 7.36. The number of rotatable bonds is 2. The molecule has 5 atom stereocenters. The van der Waals surface area contributed by atoms with Crippen LogP contribution in [0.15, 0.2) is 0 Å². The molecule has 0 aromatic rings. The van der Waals surface area contributed by atoms with Gasteiger partial charge in [-0.05, 0) is 37.5 Å². The second-order valence-corrected chi connectivity index (χ2v) is 6.12. The van der Waals surface area contributed by atoms with Crippen molar-refractivity contribution in [1.82, 2.24) is 4.90 Å². The van der Waals surface area contributed by atoms with Crippen LogP contribution in [-0.2, 0) is 9.53 Å². The van der Waals surface area contributed by atoms with Crippen LogP contribution in [0, 0.1) is 17.8 Å². The summed E-state index contributed by atoms with van der Waals surface area (Å²) >= 11 is 0. The molecule has 4 nitrogen and oxygen atoms in total. The van der Waals surface area contributed by atoms with Crippen molar-refractivity contribution >= 4 is 5.91 Å². The highest BCUT2D eigenvalue weighted by atomic mass is 16.5. The fourth-order valence-electron chi connectivity index (χ4n) is 4.08. The molecule has 3 aliphatic rings. The molecule has 1 amide bonds. The molecule has 0 spiro atoms. The lowest BCUT2D eigenvalue weighted by molar-refractivity contribution is -0.145. The molecule has 2 saturated carbocycles. The molecule has 0 aromatic heterocycles. The van der Waals surface area contributed by atoms with E-state index in [0.717, 1.165) is 19.5 Å². The Morgan fingerprint density at radius 1 is 1.39 bits per heavy atom. The lowest BCUT2D eigenvalue weighted by Crippen LogP contribution is -2.52. The first-order chi connectivity index (χ1) is 8.70. The maximum absolute atomic E-state index is 12.7. The molecule has 3 fully saturated rings. The molecule has 1 aliphatic heterocycles. The summed E-state index contributed by atoms with van der Waals surface area (Å²) in [6.45, 7) is 4.30. The number of carbonyl (C=O) groups is 1. The molecule has 4 heteroatoms. The SMILES string of the molecule is CCC1CN(C(=O)C2C3CCC(C3)C2N)CCO1. The Balaban J connectivity index is 1.67. The van der Waals surface area contributed by atoms with E-state index in [0.29, 0.717) is 24.3 Å². The molecule has 1 heterocycles. The Morgan fingerprint density at radius 2 is 2.17 bits per heavy atom. The lowest BCUT2D eigenvalue weighted by Gasteiger charge is -2.37.